The first-order valence-electron chi connectivity index (χ1n) is 3.27. The fourth-order valence-electron chi connectivity index (χ4n) is 0.670. The summed E-state index contributed by atoms with van der Waals surface area (Å²) in [5.41, 5.74) is 0. The lowest BCUT2D eigenvalue weighted by atomic mass is 10.5. The quantitative estimate of drug-likeness (QED) is 0.661. The van der Waals surface area contributed by atoms with E-state index in [0.717, 1.165) is 0 Å². The Balaban J connectivity index is 2.45. The van der Waals surface area contributed by atoms with E-state index in [1.54, 1.807) is 13.2 Å². The van der Waals surface area contributed by atoms with Gasteiger partial charge in [0.25, 0.3) is 0 Å². The van der Waals surface area contributed by atoms with Gasteiger partial charge in [0.1, 0.15) is 0 Å². The predicted molar refractivity (Wildman–Crippen MR) is 41.7 cm³/mol. The van der Waals surface area contributed by atoms with Crippen LogP contribution in [-0.2, 0) is 17.2 Å². The van der Waals surface area contributed by atoms with Crippen LogP contribution in [0.1, 0.15) is 11.8 Å². The van der Waals surface area contributed by atoms with Crippen LogP contribution in [0, 0.1) is 6.92 Å². The summed E-state index contributed by atoms with van der Waals surface area (Å²) >= 11 is 0. The van der Waals surface area contributed by atoms with Crippen LogP contribution in [0.4, 0.5) is 0 Å². The van der Waals surface area contributed by atoms with Gasteiger partial charge < -0.3 is 4.42 Å². The van der Waals surface area contributed by atoms with E-state index in [4.69, 9.17) is 4.42 Å². The standard InChI is InChI=1S/C6H10N2O2S/c1-5-7-8-6(10-5)3-4-11(2)9/h3-4H2,1-2H3. The van der Waals surface area contributed by atoms with Crippen molar-refractivity contribution < 1.29 is 8.63 Å². The van der Waals surface area contributed by atoms with Gasteiger partial charge in [-0.25, -0.2) is 0 Å². The topological polar surface area (TPSA) is 56.0 Å². The Kier molecular flexibility index (Phi) is 2.76. The highest BCUT2D eigenvalue weighted by Gasteiger charge is 2.02. The Hall–Kier alpha value is -0.710. The molecule has 0 aromatic carbocycles. The average Bonchev–Trinajstić information content (AvgIpc) is 2.31. The lowest BCUT2D eigenvalue weighted by molar-refractivity contribution is 0.473. The van der Waals surface area contributed by atoms with Crippen molar-refractivity contribution in [1.82, 2.24) is 10.2 Å². The van der Waals surface area contributed by atoms with Crippen LogP contribution in [-0.4, -0.2) is 26.4 Å². The van der Waals surface area contributed by atoms with Gasteiger partial charge in [0, 0.05) is 36.2 Å². The van der Waals surface area contributed by atoms with E-state index in [2.05, 4.69) is 10.2 Å². The van der Waals surface area contributed by atoms with Crippen LogP contribution in [0.15, 0.2) is 4.42 Å². The van der Waals surface area contributed by atoms with Crippen LogP contribution in [0.5, 0.6) is 0 Å². The van der Waals surface area contributed by atoms with Gasteiger partial charge in [-0.05, 0) is 0 Å². The van der Waals surface area contributed by atoms with Gasteiger partial charge in [0.15, 0.2) is 0 Å². The van der Waals surface area contributed by atoms with Crippen LogP contribution in [0.25, 0.3) is 0 Å². The highest BCUT2D eigenvalue weighted by Crippen LogP contribution is 1.98. The molecule has 0 radical (unpaired) electrons. The minimum Gasteiger partial charge on any atom is -0.426 e. The summed E-state index contributed by atoms with van der Waals surface area (Å²) in [5, 5.41) is 7.42. The molecular weight excluding hydrogens is 164 g/mol. The van der Waals surface area contributed by atoms with Crippen molar-refractivity contribution in [3.05, 3.63) is 11.8 Å². The molecule has 1 unspecified atom stereocenters. The molecule has 0 spiro atoms. The Morgan fingerprint density at radius 2 is 2.27 bits per heavy atom. The highest BCUT2D eigenvalue weighted by atomic mass is 32.2. The molecule has 0 N–H and O–H groups in total. The molecule has 1 aromatic heterocycles. The van der Waals surface area contributed by atoms with Crippen LogP contribution in [0.3, 0.4) is 0 Å². The summed E-state index contributed by atoms with van der Waals surface area (Å²) < 4.78 is 15.7. The molecule has 0 aliphatic carbocycles. The second-order valence-electron chi connectivity index (χ2n) is 2.24. The smallest absolute Gasteiger partial charge is 0.217 e. The molecule has 5 heteroatoms. The van der Waals surface area contributed by atoms with Crippen molar-refractivity contribution in [2.75, 3.05) is 12.0 Å². The van der Waals surface area contributed by atoms with Crippen LogP contribution >= 0.6 is 0 Å². The molecule has 1 aromatic rings. The van der Waals surface area contributed by atoms with Crippen LogP contribution < -0.4 is 0 Å². The van der Waals surface area contributed by atoms with E-state index in [9.17, 15) is 4.21 Å². The Labute approximate surface area is 67.5 Å². The summed E-state index contributed by atoms with van der Waals surface area (Å²) in [6.07, 6.45) is 2.26. The molecule has 0 saturated heterocycles. The van der Waals surface area contributed by atoms with Gasteiger partial charge in [-0.3, -0.25) is 4.21 Å². The second-order valence-corrected chi connectivity index (χ2v) is 3.80. The fraction of sp³-hybridized carbons (Fsp3) is 0.667. The molecule has 11 heavy (non-hydrogen) atoms. The Bertz CT molecular complexity index is 259. The van der Waals surface area contributed by atoms with Crippen molar-refractivity contribution >= 4 is 10.8 Å². The van der Waals surface area contributed by atoms with Crippen molar-refractivity contribution in [3.63, 3.8) is 0 Å². The third-order valence-corrected chi connectivity index (χ3v) is 1.95. The first-order chi connectivity index (χ1) is 5.18. The molecule has 1 atom stereocenters. The number of aromatic nitrogens is 2. The highest BCUT2D eigenvalue weighted by molar-refractivity contribution is 7.84. The van der Waals surface area contributed by atoms with Crippen molar-refractivity contribution in [3.8, 4) is 0 Å². The van der Waals surface area contributed by atoms with Gasteiger partial charge in [-0.15, -0.1) is 10.2 Å². The maximum absolute atomic E-state index is 10.6. The number of hydrogen-bond donors (Lipinski definition) is 0. The van der Waals surface area contributed by atoms with E-state index in [1.165, 1.54) is 0 Å². The molecule has 0 aliphatic heterocycles. The summed E-state index contributed by atoms with van der Waals surface area (Å²) in [6, 6.07) is 0. The number of nitrogens with zero attached hydrogens (tertiary/aromatic N) is 2. The summed E-state index contributed by atoms with van der Waals surface area (Å²) in [4.78, 5) is 0. The molecule has 0 bridgehead atoms. The minimum atomic E-state index is -0.785. The molecule has 0 aliphatic rings. The van der Waals surface area contributed by atoms with E-state index in [1.807, 2.05) is 0 Å². The number of rotatable bonds is 3. The van der Waals surface area contributed by atoms with Crippen molar-refractivity contribution in [1.29, 1.82) is 0 Å². The monoisotopic (exact) mass is 174 g/mol. The van der Waals surface area contributed by atoms with Gasteiger partial charge in [-0.2, -0.15) is 0 Å². The molecular formula is C6H10N2O2S. The summed E-state index contributed by atoms with van der Waals surface area (Å²) in [6.45, 7) is 1.74. The third kappa shape index (κ3) is 2.80. The maximum atomic E-state index is 10.6. The first-order valence-corrected chi connectivity index (χ1v) is 5.00. The molecule has 4 nitrogen and oxygen atoms in total. The first kappa shape index (κ1) is 8.39. The number of hydrogen-bond acceptors (Lipinski definition) is 4. The van der Waals surface area contributed by atoms with Gasteiger partial charge in [0.05, 0.1) is 0 Å². The lowest BCUT2D eigenvalue weighted by Gasteiger charge is -1.89. The van der Waals surface area contributed by atoms with E-state index < -0.39 is 10.8 Å². The SMILES string of the molecule is Cc1nnc(CCS(C)=O)o1. The van der Waals surface area contributed by atoms with E-state index in [-0.39, 0.29) is 0 Å². The van der Waals surface area contributed by atoms with E-state index >= 15 is 0 Å². The second kappa shape index (κ2) is 3.61. The third-order valence-electron chi connectivity index (χ3n) is 1.17. The largest absolute Gasteiger partial charge is 0.426 e. The Morgan fingerprint density at radius 1 is 1.55 bits per heavy atom. The van der Waals surface area contributed by atoms with Gasteiger partial charge >= 0.3 is 0 Å². The summed E-state index contributed by atoms with van der Waals surface area (Å²) in [5.74, 6) is 1.71. The number of aryl methyl sites for hydroxylation is 2. The Morgan fingerprint density at radius 3 is 2.73 bits per heavy atom. The maximum Gasteiger partial charge on any atom is 0.217 e. The molecule has 0 fully saturated rings. The van der Waals surface area contributed by atoms with Crippen molar-refractivity contribution in [2.24, 2.45) is 0 Å². The molecule has 0 amide bonds. The van der Waals surface area contributed by atoms with E-state index in [0.29, 0.717) is 24.0 Å². The average molecular weight is 174 g/mol. The zero-order chi connectivity index (χ0) is 8.27. The predicted octanol–water partition coefficient (Wildman–Crippen LogP) is 0.299. The molecule has 62 valence electrons. The fourth-order valence-corrected chi connectivity index (χ4v) is 1.13. The minimum absolute atomic E-state index is 0.557. The summed E-state index contributed by atoms with van der Waals surface area (Å²) in [7, 11) is -0.785. The molecule has 1 heterocycles. The van der Waals surface area contributed by atoms with Gasteiger partial charge in [0.2, 0.25) is 11.8 Å². The van der Waals surface area contributed by atoms with Crippen LogP contribution in [0.2, 0.25) is 0 Å². The van der Waals surface area contributed by atoms with Crippen molar-refractivity contribution in [2.45, 2.75) is 13.3 Å². The van der Waals surface area contributed by atoms with Gasteiger partial charge in [-0.1, -0.05) is 0 Å². The zero-order valence-electron chi connectivity index (χ0n) is 6.53. The zero-order valence-corrected chi connectivity index (χ0v) is 7.35. The molecule has 1 rings (SSSR count). The lowest BCUT2D eigenvalue weighted by Crippen LogP contribution is -1.98. The molecule has 0 saturated carbocycles. The normalized spacial score (nSPS) is 13.3.